The van der Waals surface area contributed by atoms with Crippen molar-refractivity contribution in [3.8, 4) is 5.75 Å². The number of allylic oxidation sites excluding steroid dienone is 1. The van der Waals surface area contributed by atoms with Crippen molar-refractivity contribution < 1.29 is 13.5 Å². The highest BCUT2D eigenvalue weighted by atomic mass is 19.2. The molecule has 2 fully saturated rings. The molecule has 0 spiro atoms. The van der Waals surface area contributed by atoms with Crippen LogP contribution in [-0.4, -0.2) is 6.61 Å². The van der Waals surface area contributed by atoms with Gasteiger partial charge in [0.2, 0.25) is 5.82 Å². The van der Waals surface area contributed by atoms with Crippen LogP contribution >= 0.6 is 0 Å². The van der Waals surface area contributed by atoms with Crippen molar-refractivity contribution >= 4 is 0 Å². The maximum Gasteiger partial charge on any atom is 0.201 e. The third-order valence-corrected chi connectivity index (χ3v) is 7.40. The molecule has 1 nitrogen and oxygen atoms in total. The average molecular weight is 389 g/mol. The first-order chi connectivity index (χ1) is 13.5. The number of halogens is 2. The maximum atomic E-state index is 14.2. The molecule has 154 valence electrons. The number of hydrogen-bond acceptors (Lipinski definition) is 1. The Bertz CT molecular complexity index is 727. The first kappa shape index (κ1) is 19.9. The van der Waals surface area contributed by atoms with Crippen LogP contribution in [0.15, 0.2) is 17.7 Å². The molecule has 0 aromatic heterocycles. The molecule has 0 aliphatic heterocycles. The Balaban J connectivity index is 1.26. The van der Waals surface area contributed by atoms with Crippen LogP contribution < -0.4 is 4.74 Å². The quantitative estimate of drug-likeness (QED) is 0.465. The molecule has 3 heteroatoms. The fourth-order valence-electron chi connectivity index (χ4n) is 5.43. The number of aryl methyl sites for hydroxylation is 2. The van der Waals surface area contributed by atoms with E-state index in [2.05, 4.69) is 6.08 Å². The third kappa shape index (κ3) is 4.60. The summed E-state index contributed by atoms with van der Waals surface area (Å²) in [6.07, 6.45) is 15.8. The van der Waals surface area contributed by atoms with E-state index in [4.69, 9.17) is 4.74 Å². The topological polar surface area (TPSA) is 9.23 Å². The lowest BCUT2D eigenvalue weighted by atomic mass is 9.70. The van der Waals surface area contributed by atoms with Gasteiger partial charge in [0.1, 0.15) is 6.61 Å². The standard InChI is InChI=1S/C25H34F2O/c1-16-13-17(2)25(24(27)23(16)26)28-15-20-7-11-22(12-8-20)21-9-5-19(6-10-21)14-18-3-4-18/h7,13,18-19,21-22H,3-6,8-12,14-15H2,1-2H3. The molecular weight excluding hydrogens is 354 g/mol. The number of rotatable bonds is 6. The highest BCUT2D eigenvalue weighted by Gasteiger charge is 2.32. The van der Waals surface area contributed by atoms with Crippen molar-refractivity contribution in [2.45, 2.75) is 78.1 Å². The Hall–Kier alpha value is -1.38. The summed E-state index contributed by atoms with van der Waals surface area (Å²) in [6.45, 7) is 3.73. The van der Waals surface area contributed by atoms with E-state index >= 15 is 0 Å². The molecule has 4 rings (SSSR count). The summed E-state index contributed by atoms with van der Waals surface area (Å²) in [5.41, 5.74) is 2.22. The van der Waals surface area contributed by atoms with Gasteiger partial charge < -0.3 is 4.74 Å². The monoisotopic (exact) mass is 388 g/mol. The number of ether oxygens (including phenoxy) is 1. The van der Waals surface area contributed by atoms with Gasteiger partial charge in [-0.25, -0.2) is 4.39 Å². The van der Waals surface area contributed by atoms with Crippen molar-refractivity contribution in [1.29, 1.82) is 0 Å². The highest BCUT2D eigenvalue weighted by molar-refractivity contribution is 5.38. The van der Waals surface area contributed by atoms with E-state index in [9.17, 15) is 8.78 Å². The molecule has 1 aromatic carbocycles. The van der Waals surface area contributed by atoms with Gasteiger partial charge in [0.25, 0.3) is 0 Å². The van der Waals surface area contributed by atoms with E-state index in [-0.39, 0.29) is 5.75 Å². The van der Waals surface area contributed by atoms with Crippen molar-refractivity contribution in [3.05, 3.63) is 40.5 Å². The first-order valence-electron chi connectivity index (χ1n) is 11.3. The van der Waals surface area contributed by atoms with Gasteiger partial charge in [0.15, 0.2) is 11.6 Å². The lowest BCUT2D eigenvalue weighted by Gasteiger charge is -2.35. The minimum absolute atomic E-state index is 0.0695. The van der Waals surface area contributed by atoms with Crippen LogP contribution in [0.4, 0.5) is 8.78 Å². The lowest BCUT2D eigenvalue weighted by Crippen LogP contribution is -2.24. The summed E-state index contributed by atoms with van der Waals surface area (Å²) < 4.78 is 33.7. The zero-order valence-corrected chi connectivity index (χ0v) is 17.4. The predicted octanol–water partition coefficient (Wildman–Crippen LogP) is 7.29. The van der Waals surface area contributed by atoms with Crippen LogP contribution in [-0.2, 0) is 0 Å². The van der Waals surface area contributed by atoms with E-state index in [1.54, 1.807) is 19.9 Å². The Kier molecular flexibility index (Phi) is 6.08. The van der Waals surface area contributed by atoms with E-state index in [0.29, 0.717) is 17.7 Å². The zero-order valence-electron chi connectivity index (χ0n) is 17.4. The van der Waals surface area contributed by atoms with E-state index in [1.807, 2.05) is 0 Å². The van der Waals surface area contributed by atoms with Gasteiger partial charge >= 0.3 is 0 Å². The summed E-state index contributed by atoms with van der Waals surface area (Å²) in [4.78, 5) is 0. The van der Waals surface area contributed by atoms with Crippen LogP contribution in [0.1, 0.15) is 75.3 Å². The molecular formula is C25H34F2O. The largest absolute Gasteiger partial charge is 0.486 e. The highest BCUT2D eigenvalue weighted by Crippen LogP contribution is 2.44. The second-order valence-electron chi connectivity index (χ2n) is 9.61. The maximum absolute atomic E-state index is 14.2. The van der Waals surface area contributed by atoms with Gasteiger partial charge in [-0.05, 0) is 98.8 Å². The minimum atomic E-state index is -0.852. The van der Waals surface area contributed by atoms with Crippen LogP contribution in [0.5, 0.6) is 5.75 Å². The molecule has 0 N–H and O–H groups in total. The summed E-state index contributed by atoms with van der Waals surface area (Å²) in [7, 11) is 0. The van der Waals surface area contributed by atoms with Gasteiger partial charge in [0.05, 0.1) is 0 Å². The molecule has 1 unspecified atom stereocenters. The van der Waals surface area contributed by atoms with Crippen LogP contribution in [0.3, 0.4) is 0 Å². The number of hydrogen-bond donors (Lipinski definition) is 0. The van der Waals surface area contributed by atoms with Crippen LogP contribution in [0.25, 0.3) is 0 Å². The summed E-state index contributed by atoms with van der Waals surface area (Å²) >= 11 is 0. The van der Waals surface area contributed by atoms with Gasteiger partial charge in [0, 0.05) is 0 Å². The summed E-state index contributed by atoms with van der Waals surface area (Å²) in [5, 5.41) is 0. The van der Waals surface area contributed by atoms with Crippen LogP contribution in [0.2, 0.25) is 0 Å². The smallest absolute Gasteiger partial charge is 0.201 e. The number of benzene rings is 1. The molecule has 0 heterocycles. The van der Waals surface area contributed by atoms with E-state index in [1.165, 1.54) is 56.9 Å². The van der Waals surface area contributed by atoms with E-state index in [0.717, 1.165) is 36.5 Å². The SMILES string of the molecule is Cc1cc(C)c(OCC2=CCC(C3CCC(CC4CC4)CC3)CC2)c(F)c1F. The Morgan fingerprint density at radius 1 is 0.857 bits per heavy atom. The molecule has 2 saturated carbocycles. The van der Waals surface area contributed by atoms with Gasteiger partial charge in [-0.3, -0.25) is 0 Å². The summed E-state index contributed by atoms with van der Waals surface area (Å²) in [6, 6.07) is 1.65. The second kappa shape index (κ2) is 8.55. The molecule has 3 aliphatic rings. The van der Waals surface area contributed by atoms with Gasteiger partial charge in [-0.1, -0.05) is 31.8 Å². The molecule has 0 saturated heterocycles. The van der Waals surface area contributed by atoms with E-state index < -0.39 is 11.6 Å². The fourth-order valence-corrected chi connectivity index (χ4v) is 5.43. The van der Waals surface area contributed by atoms with Crippen molar-refractivity contribution in [1.82, 2.24) is 0 Å². The summed E-state index contributed by atoms with van der Waals surface area (Å²) in [5.74, 6) is 2.18. The predicted molar refractivity (Wildman–Crippen MR) is 110 cm³/mol. The van der Waals surface area contributed by atoms with Gasteiger partial charge in [-0.15, -0.1) is 0 Å². The van der Waals surface area contributed by atoms with Crippen molar-refractivity contribution in [3.63, 3.8) is 0 Å². The minimum Gasteiger partial charge on any atom is -0.486 e. The first-order valence-corrected chi connectivity index (χ1v) is 11.3. The zero-order chi connectivity index (χ0) is 19.7. The molecule has 28 heavy (non-hydrogen) atoms. The van der Waals surface area contributed by atoms with Crippen molar-refractivity contribution in [2.75, 3.05) is 6.61 Å². The van der Waals surface area contributed by atoms with Crippen LogP contribution in [0, 0.1) is 49.2 Å². The fraction of sp³-hybridized carbons (Fsp3) is 0.680. The molecule has 0 radical (unpaired) electrons. The third-order valence-electron chi connectivity index (χ3n) is 7.40. The molecule has 1 atom stereocenters. The molecule has 0 bridgehead atoms. The van der Waals surface area contributed by atoms with Crippen molar-refractivity contribution in [2.24, 2.45) is 23.7 Å². The molecule has 3 aliphatic carbocycles. The average Bonchev–Trinajstić information content (AvgIpc) is 3.51. The Morgan fingerprint density at radius 2 is 1.54 bits per heavy atom. The molecule has 0 amide bonds. The lowest BCUT2D eigenvalue weighted by molar-refractivity contribution is 0.182. The van der Waals surface area contributed by atoms with Gasteiger partial charge in [-0.2, -0.15) is 4.39 Å². The second-order valence-corrected chi connectivity index (χ2v) is 9.61. The Morgan fingerprint density at radius 3 is 2.14 bits per heavy atom. The normalized spacial score (nSPS) is 28.1. The Labute approximate surface area is 168 Å². The molecule has 1 aromatic rings.